The first-order valence-corrected chi connectivity index (χ1v) is 7.57. The van der Waals surface area contributed by atoms with Gasteiger partial charge >= 0.3 is 13.3 Å². The van der Waals surface area contributed by atoms with Gasteiger partial charge in [0, 0.05) is 13.1 Å². The highest BCUT2D eigenvalue weighted by atomic mass is 16.6. The second kappa shape index (κ2) is 7.14. The minimum absolute atomic E-state index is 0.159. The molecule has 0 bridgehead atoms. The smallest absolute Gasteiger partial charge is 0.509 e. The molecule has 0 amide bonds. The number of carbonyl (C=O) groups excluding carboxylic acids is 1. The van der Waals surface area contributed by atoms with Crippen LogP contribution in [0.25, 0.3) is 0 Å². The Morgan fingerprint density at radius 3 is 2.30 bits per heavy atom. The van der Waals surface area contributed by atoms with Crippen molar-refractivity contribution in [2.24, 2.45) is 11.3 Å². The van der Waals surface area contributed by atoms with Gasteiger partial charge in [0.15, 0.2) is 0 Å². The molecule has 0 radical (unpaired) electrons. The van der Waals surface area contributed by atoms with Gasteiger partial charge in [0.25, 0.3) is 0 Å². The summed E-state index contributed by atoms with van der Waals surface area (Å²) in [5.41, 5.74) is -0.463. The molecule has 1 fully saturated rings. The minimum Gasteiger partial charge on any atom is -0.509 e. The Morgan fingerprint density at radius 1 is 1.30 bits per heavy atom. The number of aromatic nitrogens is 2. The van der Waals surface area contributed by atoms with Crippen molar-refractivity contribution in [3.63, 3.8) is 0 Å². The van der Waals surface area contributed by atoms with Gasteiger partial charge < -0.3 is 24.3 Å². The molecule has 1 aromatic heterocycles. The van der Waals surface area contributed by atoms with E-state index in [0.29, 0.717) is 31.9 Å². The summed E-state index contributed by atoms with van der Waals surface area (Å²) in [5.74, 6) is 0.729. The zero-order valence-electron chi connectivity index (χ0n) is 13.6. The van der Waals surface area contributed by atoms with Gasteiger partial charge in [-0.25, -0.2) is 9.97 Å². The van der Waals surface area contributed by atoms with Gasteiger partial charge in [-0.05, 0) is 18.8 Å². The SMILES string of the molecule is COC(=O)C1(C(C)C)CCN(c2ncc(OB(O)O)cn2)CC1. The molecule has 2 rings (SSSR count). The maximum atomic E-state index is 12.2. The number of esters is 1. The Bertz CT molecular complexity index is 530. The Balaban J connectivity index is 2.04. The van der Waals surface area contributed by atoms with Crippen molar-refractivity contribution in [2.45, 2.75) is 26.7 Å². The second-order valence-corrected chi connectivity index (χ2v) is 5.95. The average Bonchev–Trinajstić information content (AvgIpc) is 2.54. The van der Waals surface area contributed by atoms with Crippen LogP contribution in [0.2, 0.25) is 0 Å². The van der Waals surface area contributed by atoms with Crippen molar-refractivity contribution in [2.75, 3.05) is 25.1 Å². The first-order chi connectivity index (χ1) is 10.9. The van der Waals surface area contributed by atoms with E-state index in [4.69, 9.17) is 14.8 Å². The maximum Gasteiger partial charge on any atom is 0.707 e. The van der Waals surface area contributed by atoms with E-state index < -0.39 is 12.7 Å². The molecule has 8 nitrogen and oxygen atoms in total. The van der Waals surface area contributed by atoms with Gasteiger partial charge in [0.05, 0.1) is 24.9 Å². The molecule has 0 atom stereocenters. The summed E-state index contributed by atoms with van der Waals surface area (Å²) in [7, 11) is -0.470. The van der Waals surface area contributed by atoms with Crippen molar-refractivity contribution in [3.05, 3.63) is 12.4 Å². The predicted molar refractivity (Wildman–Crippen MR) is 83.6 cm³/mol. The number of piperidine rings is 1. The largest absolute Gasteiger partial charge is 0.707 e. The normalized spacial score (nSPS) is 17.0. The van der Waals surface area contributed by atoms with Crippen LogP contribution in [0.5, 0.6) is 5.75 Å². The van der Waals surface area contributed by atoms with E-state index >= 15 is 0 Å². The van der Waals surface area contributed by atoms with Gasteiger partial charge in [-0.2, -0.15) is 0 Å². The number of hydrogen-bond donors (Lipinski definition) is 2. The van der Waals surface area contributed by atoms with E-state index in [9.17, 15) is 4.79 Å². The van der Waals surface area contributed by atoms with E-state index in [1.807, 2.05) is 18.7 Å². The molecule has 0 aromatic carbocycles. The van der Waals surface area contributed by atoms with E-state index in [-0.39, 0.29) is 17.6 Å². The topological polar surface area (TPSA) is 105 Å². The molecule has 1 aliphatic heterocycles. The first-order valence-electron chi connectivity index (χ1n) is 7.57. The average molecular weight is 323 g/mol. The molecular weight excluding hydrogens is 301 g/mol. The lowest BCUT2D eigenvalue weighted by Gasteiger charge is -2.42. The Kier molecular flexibility index (Phi) is 5.43. The van der Waals surface area contributed by atoms with E-state index in [1.165, 1.54) is 19.5 Å². The molecular formula is C14H22BN3O5. The van der Waals surface area contributed by atoms with Crippen LogP contribution in [0.15, 0.2) is 12.4 Å². The number of anilines is 1. The molecule has 0 spiro atoms. The fourth-order valence-electron chi connectivity index (χ4n) is 2.98. The number of rotatable bonds is 5. The summed E-state index contributed by atoms with van der Waals surface area (Å²) in [6.07, 6.45) is 4.11. The third-order valence-corrected chi connectivity index (χ3v) is 4.49. The van der Waals surface area contributed by atoms with Crippen LogP contribution in [0, 0.1) is 11.3 Å². The quantitative estimate of drug-likeness (QED) is 0.586. The van der Waals surface area contributed by atoms with Crippen LogP contribution >= 0.6 is 0 Å². The van der Waals surface area contributed by atoms with Gasteiger partial charge in [0.1, 0.15) is 5.75 Å². The lowest BCUT2D eigenvalue weighted by molar-refractivity contribution is -0.157. The van der Waals surface area contributed by atoms with Crippen LogP contribution in [0.3, 0.4) is 0 Å². The third-order valence-electron chi connectivity index (χ3n) is 4.49. The summed E-state index contributed by atoms with van der Waals surface area (Å²) in [6, 6.07) is 0. The van der Waals surface area contributed by atoms with Gasteiger partial charge in [-0.3, -0.25) is 4.79 Å². The van der Waals surface area contributed by atoms with E-state index in [2.05, 4.69) is 14.6 Å². The zero-order chi connectivity index (χ0) is 17.0. The van der Waals surface area contributed by atoms with Crippen LogP contribution < -0.4 is 9.55 Å². The lowest BCUT2D eigenvalue weighted by Crippen LogP contribution is -2.48. The highest BCUT2D eigenvalue weighted by Gasteiger charge is 2.45. The molecule has 1 saturated heterocycles. The number of methoxy groups -OCH3 is 1. The predicted octanol–water partition coefficient (Wildman–Crippen LogP) is 0.241. The highest BCUT2D eigenvalue weighted by Crippen LogP contribution is 2.40. The Labute approximate surface area is 135 Å². The van der Waals surface area contributed by atoms with Gasteiger partial charge in [-0.15, -0.1) is 0 Å². The van der Waals surface area contributed by atoms with Crippen molar-refractivity contribution >= 4 is 19.2 Å². The summed E-state index contributed by atoms with van der Waals surface area (Å²) >= 11 is 0. The summed E-state index contributed by atoms with van der Waals surface area (Å²) in [6.45, 7) is 5.37. The minimum atomic E-state index is -1.90. The van der Waals surface area contributed by atoms with Crippen molar-refractivity contribution in [1.29, 1.82) is 0 Å². The molecule has 0 unspecified atom stereocenters. The molecule has 2 N–H and O–H groups in total. The van der Waals surface area contributed by atoms with Crippen LogP contribution in [-0.4, -0.2) is 53.5 Å². The van der Waals surface area contributed by atoms with Crippen LogP contribution in [0.1, 0.15) is 26.7 Å². The molecule has 2 heterocycles. The molecule has 1 aromatic rings. The second-order valence-electron chi connectivity index (χ2n) is 5.95. The van der Waals surface area contributed by atoms with Crippen molar-refractivity contribution in [1.82, 2.24) is 9.97 Å². The lowest BCUT2D eigenvalue weighted by atomic mass is 9.70. The third kappa shape index (κ3) is 3.73. The molecule has 1 aliphatic rings. The highest BCUT2D eigenvalue weighted by molar-refractivity contribution is 6.33. The Hall–Kier alpha value is -1.87. The van der Waals surface area contributed by atoms with Gasteiger partial charge in [-0.1, -0.05) is 13.8 Å². The van der Waals surface area contributed by atoms with Crippen molar-refractivity contribution < 1.29 is 24.2 Å². The monoisotopic (exact) mass is 323 g/mol. The molecule has 0 saturated carbocycles. The summed E-state index contributed by atoms with van der Waals surface area (Å²) < 4.78 is 9.67. The summed E-state index contributed by atoms with van der Waals surface area (Å²) in [4.78, 5) is 22.5. The molecule has 0 aliphatic carbocycles. The molecule has 9 heteroatoms. The van der Waals surface area contributed by atoms with Crippen LogP contribution in [0.4, 0.5) is 5.95 Å². The molecule has 23 heavy (non-hydrogen) atoms. The van der Waals surface area contributed by atoms with E-state index in [1.54, 1.807) is 0 Å². The standard InChI is InChI=1S/C14H22BN3O5/c1-10(2)14(12(19)22-3)4-6-18(7-5-14)13-16-8-11(9-17-13)23-15(20)21/h8-10,20-21H,4-7H2,1-3H3. The molecule has 126 valence electrons. The van der Waals surface area contributed by atoms with Crippen molar-refractivity contribution in [3.8, 4) is 5.75 Å². The number of hydrogen-bond acceptors (Lipinski definition) is 8. The first kappa shape index (κ1) is 17.5. The fraction of sp³-hybridized carbons (Fsp3) is 0.643. The summed E-state index contributed by atoms with van der Waals surface area (Å²) in [5, 5.41) is 17.5. The number of ether oxygens (including phenoxy) is 1. The van der Waals surface area contributed by atoms with Gasteiger partial charge in [0.2, 0.25) is 5.95 Å². The fourth-order valence-corrected chi connectivity index (χ4v) is 2.98. The maximum absolute atomic E-state index is 12.2. The zero-order valence-corrected chi connectivity index (χ0v) is 13.6. The number of carbonyl (C=O) groups is 1. The number of nitrogens with zero attached hydrogens (tertiary/aromatic N) is 3. The Morgan fingerprint density at radius 2 is 1.87 bits per heavy atom. The van der Waals surface area contributed by atoms with E-state index in [0.717, 1.165) is 0 Å². The van der Waals surface area contributed by atoms with Crippen LogP contribution in [-0.2, 0) is 9.53 Å².